The van der Waals surface area contributed by atoms with Crippen molar-refractivity contribution in [2.45, 2.75) is 41.0 Å². The first-order chi connectivity index (χ1) is 15.5. The van der Waals surface area contributed by atoms with Crippen LogP contribution in [-0.4, -0.2) is 48.5 Å². The van der Waals surface area contributed by atoms with Crippen LogP contribution in [0.3, 0.4) is 0 Å². The molecule has 200 valence electrons. The number of thiazole rings is 1. The van der Waals surface area contributed by atoms with Crippen LogP contribution in [0.25, 0.3) is 0 Å². The zero-order valence-corrected chi connectivity index (χ0v) is 24.3. The average molecular weight is 601 g/mol. The van der Waals surface area contributed by atoms with Crippen molar-refractivity contribution < 1.29 is 0 Å². The van der Waals surface area contributed by atoms with Gasteiger partial charge in [-0.1, -0.05) is 33.0 Å². The molecule has 18 heteroatoms. The maximum atomic E-state index is 5.43. The molecule has 0 saturated carbocycles. The summed E-state index contributed by atoms with van der Waals surface area (Å²) in [5.74, 6) is 1.41. The van der Waals surface area contributed by atoms with Gasteiger partial charge in [0, 0.05) is 5.38 Å². The summed E-state index contributed by atoms with van der Waals surface area (Å²) in [6, 6.07) is 0. The maximum Gasteiger partial charge on any atom is 0.210 e. The van der Waals surface area contributed by atoms with Crippen molar-refractivity contribution in [1.29, 1.82) is 0 Å². The normalized spacial score (nSPS) is 10.6. The molecule has 15 N–H and O–H groups in total. The standard InChI is InChI=1S/C8H13N3S.C3H7N3S2.C3H7N3S.C2H5N3S2.CH4/c1-5(2)7-4-12-8(11-7)10-6(3)9;1-8-3(5)6-2(4)7;1-2(4)6-3(5)7;3-1(6)5-2(4)7;/h4-5H,1-3H3,(H2,9,10,11);1H3,(H4,4,5,6,7);1H3,(H4,4,5,6,7);(H5,3,4,5,6,7);1H4. The number of nitrogens with zero attached hydrogens (tertiary/aromatic N) is 4. The lowest BCUT2D eigenvalue weighted by atomic mass is 10.2. The summed E-state index contributed by atoms with van der Waals surface area (Å²) < 4.78 is 0. The smallest absolute Gasteiger partial charge is 0.210 e. The van der Waals surface area contributed by atoms with Gasteiger partial charge < -0.3 is 45.5 Å². The molecule has 0 aliphatic rings. The van der Waals surface area contributed by atoms with E-state index < -0.39 is 0 Å². The molecule has 0 atom stereocenters. The molecule has 1 heterocycles. The number of amidine groups is 3. The highest BCUT2D eigenvalue weighted by Gasteiger charge is 2.03. The third-order valence-corrected chi connectivity index (χ3v) is 3.98. The van der Waals surface area contributed by atoms with Crippen LogP contribution < -0.4 is 45.5 Å². The van der Waals surface area contributed by atoms with Crippen molar-refractivity contribution in [3.8, 4) is 0 Å². The van der Waals surface area contributed by atoms with Gasteiger partial charge in [-0.15, -0.1) is 11.3 Å². The summed E-state index contributed by atoms with van der Waals surface area (Å²) in [4.78, 5) is 15.4. The Balaban J connectivity index is -0.000000187. The van der Waals surface area contributed by atoms with Gasteiger partial charge in [0.1, 0.15) is 0 Å². The highest BCUT2D eigenvalue weighted by Crippen LogP contribution is 2.23. The van der Waals surface area contributed by atoms with E-state index >= 15 is 0 Å². The van der Waals surface area contributed by atoms with E-state index in [2.05, 4.69) is 88.0 Å². The number of thioether (sulfide) groups is 1. The largest absolute Gasteiger partial charge is 0.387 e. The van der Waals surface area contributed by atoms with Gasteiger partial charge in [-0.2, -0.15) is 4.99 Å². The van der Waals surface area contributed by atoms with Crippen LogP contribution in [0, 0.1) is 0 Å². The second kappa shape index (κ2) is 23.5. The Kier molecular flexibility index (Phi) is 26.8. The first-order valence-corrected chi connectivity index (χ1v) is 12.6. The lowest BCUT2D eigenvalue weighted by molar-refractivity contribution is 0.833. The van der Waals surface area contributed by atoms with Crippen molar-refractivity contribution in [3.05, 3.63) is 11.1 Å². The van der Waals surface area contributed by atoms with Crippen molar-refractivity contribution in [1.82, 2.24) is 10.3 Å². The minimum Gasteiger partial charge on any atom is -0.387 e. The van der Waals surface area contributed by atoms with E-state index in [0.29, 0.717) is 22.8 Å². The number of aromatic nitrogens is 1. The van der Waals surface area contributed by atoms with Gasteiger partial charge in [-0.25, -0.2) is 15.0 Å². The minimum absolute atomic E-state index is 0. The van der Waals surface area contributed by atoms with Crippen LogP contribution in [0.4, 0.5) is 5.13 Å². The monoisotopic (exact) mass is 600 g/mol. The maximum absolute atomic E-state index is 5.43. The van der Waals surface area contributed by atoms with Gasteiger partial charge in [-0.05, 0) is 74.9 Å². The Morgan fingerprint density at radius 2 is 1.37 bits per heavy atom. The first-order valence-electron chi connectivity index (χ1n) is 8.91. The molecule has 0 spiro atoms. The number of hydrogen-bond acceptors (Lipinski definition) is 8. The van der Waals surface area contributed by atoms with Gasteiger partial charge in [0.2, 0.25) is 5.13 Å². The predicted octanol–water partition coefficient (Wildman–Crippen LogP) is 1.49. The highest BCUT2D eigenvalue weighted by molar-refractivity contribution is 8.13. The summed E-state index contributed by atoms with van der Waals surface area (Å²) >= 11 is 20.4. The molecule has 12 nitrogen and oxygen atoms in total. The molecule has 1 aromatic rings. The molecule has 0 fully saturated rings. The quantitative estimate of drug-likeness (QED) is 0.136. The van der Waals surface area contributed by atoms with E-state index in [4.69, 9.17) is 40.1 Å². The fourth-order valence-corrected chi connectivity index (χ4v) is 2.87. The van der Waals surface area contributed by atoms with Gasteiger partial charge in [0.05, 0.1) is 17.4 Å². The van der Waals surface area contributed by atoms with Crippen LogP contribution in [-0.2, 0) is 0 Å². The van der Waals surface area contributed by atoms with Crippen molar-refractivity contribution in [3.63, 3.8) is 0 Å². The van der Waals surface area contributed by atoms with Crippen molar-refractivity contribution in [2.75, 3.05) is 6.26 Å². The van der Waals surface area contributed by atoms with Crippen LogP contribution in [0.2, 0.25) is 0 Å². The molecule has 0 bridgehead atoms. The second-order valence-electron chi connectivity index (χ2n) is 5.90. The fourth-order valence-electron chi connectivity index (χ4n) is 1.19. The molecule has 0 aromatic carbocycles. The predicted molar refractivity (Wildman–Crippen MR) is 173 cm³/mol. The number of hydrogen-bond donors (Lipinski definition) is 8. The minimum atomic E-state index is 0. The Hall–Kier alpha value is -2.25. The zero-order valence-electron chi connectivity index (χ0n) is 19.4. The van der Waals surface area contributed by atoms with Crippen molar-refractivity contribution >= 4 is 114 Å². The third kappa shape index (κ3) is 34.0. The summed E-state index contributed by atoms with van der Waals surface area (Å²) in [6.45, 7) is 7.60. The lowest BCUT2D eigenvalue weighted by Gasteiger charge is -1.95. The van der Waals surface area contributed by atoms with Crippen molar-refractivity contribution in [2.24, 2.45) is 55.1 Å². The first kappa shape index (κ1) is 39.9. The number of nitrogens with two attached hydrogens (primary N) is 7. The SMILES string of the molecule is C.CC(N)=NC(N)=S.CC(N)=Nc1nc(C(C)C)cs1.CSC(N)=NC(N)=S.NC(=S)NC(N)=S. The second-order valence-corrected chi connectivity index (χ2v) is 9.28. The zero-order chi connectivity index (χ0) is 27.4. The number of aliphatic imine (C=N–C) groups is 3. The van der Waals surface area contributed by atoms with Gasteiger partial charge in [0.15, 0.2) is 25.6 Å². The van der Waals surface area contributed by atoms with Gasteiger partial charge >= 0.3 is 0 Å². The summed E-state index contributed by atoms with van der Waals surface area (Å²) in [5.41, 5.74) is 36.7. The molecule has 0 unspecified atom stereocenters. The topological polar surface area (TPSA) is 244 Å². The molecule has 35 heavy (non-hydrogen) atoms. The van der Waals surface area contributed by atoms with Crippen LogP contribution in [0.15, 0.2) is 20.4 Å². The Morgan fingerprint density at radius 1 is 0.914 bits per heavy atom. The molecule has 0 saturated heterocycles. The van der Waals surface area contributed by atoms with E-state index in [9.17, 15) is 0 Å². The van der Waals surface area contributed by atoms with Gasteiger partial charge in [0.25, 0.3) is 0 Å². The van der Waals surface area contributed by atoms with E-state index in [1.807, 2.05) is 5.38 Å². The van der Waals surface area contributed by atoms with Gasteiger partial charge in [-0.3, -0.25) is 0 Å². The molecule has 0 radical (unpaired) electrons. The summed E-state index contributed by atoms with van der Waals surface area (Å²) in [6.07, 6.45) is 1.80. The average Bonchev–Trinajstić information content (AvgIpc) is 3.08. The van der Waals surface area contributed by atoms with E-state index in [1.165, 1.54) is 23.1 Å². The molecule has 1 aromatic heterocycles. The molecular formula is C17H36N12S6. The Labute approximate surface area is 237 Å². The molecule has 1 rings (SSSR count). The number of nitrogens with one attached hydrogen (secondary N) is 1. The van der Waals surface area contributed by atoms with Crippen LogP contribution in [0.5, 0.6) is 0 Å². The number of rotatable bonds is 2. The van der Waals surface area contributed by atoms with E-state index in [-0.39, 0.29) is 27.9 Å². The molecule has 0 aliphatic carbocycles. The van der Waals surface area contributed by atoms with Crippen LogP contribution >= 0.6 is 72.0 Å². The molecular weight excluding hydrogens is 565 g/mol. The third-order valence-electron chi connectivity index (χ3n) is 2.34. The van der Waals surface area contributed by atoms with E-state index in [0.717, 1.165) is 10.8 Å². The summed E-state index contributed by atoms with van der Waals surface area (Å²) in [7, 11) is 0. The molecule has 0 amide bonds. The molecule has 0 aliphatic heterocycles. The Morgan fingerprint density at radius 3 is 1.54 bits per heavy atom. The lowest BCUT2D eigenvalue weighted by Crippen LogP contribution is -2.38. The fraction of sp³-hybridized carbons (Fsp3) is 0.412. The highest BCUT2D eigenvalue weighted by atomic mass is 32.2. The number of thiocarbonyl (C=S) groups is 4. The summed E-state index contributed by atoms with van der Waals surface area (Å²) in [5, 5.41) is 5.87. The van der Waals surface area contributed by atoms with Crippen LogP contribution in [0.1, 0.15) is 46.7 Å². The Bertz CT molecular complexity index is 872. The van der Waals surface area contributed by atoms with E-state index in [1.54, 1.807) is 20.1 Å².